The highest BCUT2D eigenvalue weighted by Gasteiger charge is 2.05. The van der Waals surface area contributed by atoms with Gasteiger partial charge in [0.1, 0.15) is 5.75 Å². The first-order chi connectivity index (χ1) is 6.16. The van der Waals surface area contributed by atoms with Crippen molar-refractivity contribution in [3.05, 3.63) is 27.7 Å². The van der Waals surface area contributed by atoms with Gasteiger partial charge in [0, 0.05) is 0 Å². The fourth-order valence-electron chi connectivity index (χ4n) is 1.24. The van der Waals surface area contributed by atoms with Gasteiger partial charge >= 0.3 is 0 Å². The highest BCUT2D eigenvalue weighted by molar-refractivity contribution is 9.10. The number of likely N-dealkylation sites (N-methyl/N-ethyl adjacent to an activating group) is 1. The third-order valence-electron chi connectivity index (χ3n) is 2.12. The molecule has 2 nitrogen and oxygen atoms in total. The number of hydrogen-bond acceptors (Lipinski definition) is 2. The lowest BCUT2D eigenvalue weighted by molar-refractivity contribution is 0.471. The molecule has 0 radical (unpaired) electrons. The van der Waals surface area contributed by atoms with Crippen LogP contribution in [0.3, 0.4) is 0 Å². The summed E-state index contributed by atoms with van der Waals surface area (Å²) in [6.07, 6.45) is 0.987. The summed E-state index contributed by atoms with van der Waals surface area (Å²) in [5.74, 6) is 0.311. The summed E-state index contributed by atoms with van der Waals surface area (Å²) in [6, 6.07) is 3.69. The fourth-order valence-corrected chi connectivity index (χ4v) is 1.63. The molecule has 0 heterocycles. The smallest absolute Gasteiger partial charge is 0.130 e. The topological polar surface area (TPSA) is 32.3 Å². The predicted molar refractivity (Wildman–Crippen MR) is 58.2 cm³/mol. The average Bonchev–Trinajstić information content (AvgIpc) is 2.13. The third kappa shape index (κ3) is 2.45. The molecular weight excluding hydrogens is 230 g/mol. The number of phenolic OH excluding ortho intramolecular Hbond substituents is 1. The molecule has 3 heteroatoms. The van der Waals surface area contributed by atoms with E-state index in [-0.39, 0.29) is 0 Å². The highest BCUT2D eigenvalue weighted by atomic mass is 79.9. The zero-order chi connectivity index (χ0) is 9.84. The number of rotatable bonds is 3. The summed E-state index contributed by atoms with van der Waals surface area (Å²) >= 11 is 3.35. The zero-order valence-electron chi connectivity index (χ0n) is 7.89. The highest BCUT2D eigenvalue weighted by Crippen LogP contribution is 2.29. The molecule has 0 amide bonds. The Morgan fingerprint density at radius 1 is 1.46 bits per heavy atom. The monoisotopic (exact) mass is 243 g/mol. The van der Waals surface area contributed by atoms with Gasteiger partial charge < -0.3 is 10.4 Å². The van der Waals surface area contributed by atoms with Crippen molar-refractivity contribution in [1.29, 1.82) is 0 Å². The Bertz CT molecular complexity index is 299. The van der Waals surface area contributed by atoms with Crippen molar-refractivity contribution in [2.24, 2.45) is 0 Å². The van der Waals surface area contributed by atoms with E-state index in [1.54, 1.807) is 6.07 Å². The molecular formula is C10H14BrNO. The van der Waals surface area contributed by atoms with E-state index in [4.69, 9.17) is 0 Å². The molecule has 0 aliphatic heterocycles. The van der Waals surface area contributed by atoms with Gasteiger partial charge in [-0.3, -0.25) is 0 Å². The van der Waals surface area contributed by atoms with Crippen LogP contribution in [-0.2, 0) is 6.42 Å². The Morgan fingerprint density at radius 2 is 2.15 bits per heavy atom. The number of nitrogens with one attached hydrogen (secondary N) is 1. The van der Waals surface area contributed by atoms with Crippen LogP contribution in [-0.4, -0.2) is 18.7 Å². The van der Waals surface area contributed by atoms with Crippen LogP contribution >= 0.6 is 15.9 Å². The summed E-state index contributed by atoms with van der Waals surface area (Å²) < 4.78 is 0.807. The van der Waals surface area contributed by atoms with Gasteiger partial charge in [-0.05, 0) is 60.1 Å². The van der Waals surface area contributed by atoms with Crippen LogP contribution in [0.4, 0.5) is 0 Å². The van der Waals surface area contributed by atoms with Gasteiger partial charge in [-0.1, -0.05) is 6.07 Å². The van der Waals surface area contributed by atoms with Gasteiger partial charge in [-0.15, -0.1) is 0 Å². The molecule has 1 aromatic carbocycles. The Hall–Kier alpha value is -0.540. The van der Waals surface area contributed by atoms with E-state index in [1.807, 2.05) is 20.0 Å². The standard InChI is InChI=1S/C10H14BrNO/c1-7-8(5-6-12-2)3-4-9(13)10(7)11/h3-4,12-13H,5-6H2,1-2H3. The second-order valence-corrected chi connectivity index (χ2v) is 3.83. The molecule has 0 fully saturated rings. The van der Waals surface area contributed by atoms with Gasteiger partial charge in [0.25, 0.3) is 0 Å². The van der Waals surface area contributed by atoms with Gasteiger partial charge in [0.05, 0.1) is 4.47 Å². The van der Waals surface area contributed by atoms with E-state index < -0.39 is 0 Å². The number of benzene rings is 1. The van der Waals surface area contributed by atoms with Gasteiger partial charge in [0.15, 0.2) is 0 Å². The number of phenols is 1. The molecule has 72 valence electrons. The molecule has 0 spiro atoms. The number of hydrogen-bond donors (Lipinski definition) is 2. The Kier molecular flexibility index (Phi) is 3.75. The molecule has 0 aromatic heterocycles. The second kappa shape index (κ2) is 4.63. The Morgan fingerprint density at radius 3 is 2.77 bits per heavy atom. The lowest BCUT2D eigenvalue weighted by Gasteiger charge is -2.08. The van der Waals surface area contributed by atoms with Crippen LogP contribution in [0.25, 0.3) is 0 Å². The molecule has 0 aliphatic rings. The van der Waals surface area contributed by atoms with E-state index in [1.165, 1.54) is 5.56 Å². The minimum atomic E-state index is 0.311. The third-order valence-corrected chi connectivity index (χ3v) is 3.12. The normalized spacial score (nSPS) is 10.4. The lowest BCUT2D eigenvalue weighted by Crippen LogP contribution is -2.11. The molecule has 0 unspecified atom stereocenters. The van der Waals surface area contributed by atoms with Crippen LogP contribution in [0.1, 0.15) is 11.1 Å². The van der Waals surface area contributed by atoms with Crippen LogP contribution in [0.15, 0.2) is 16.6 Å². The molecule has 2 N–H and O–H groups in total. The van der Waals surface area contributed by atoms with Crippen molar-refractivity contribution in [3.63, 3.8) is 0 Å². The molecule has 0 aliphatic carbocycles. The first kappa shape index (κ1) is 10.5. The van der Waals surface area contributed by atoms with Gasteiger partial charge in [0.2, 0.25) is 0 Å². The molecule has 1 rings (SSSR count). The number of aromatic hydroxyl groups is 1. The number of halogens is 1. The second-order valence-electron chi connectivity index (χ2n) is 3.04. The molecule has 0 saturated heterocycles. The fraction of sp³-hybridized carbons (Fsp3) is 0.400. The summed E-state index contributed by atoms with van der Waals surface area (Å²) in [7, 11) is 1.94. The van der Waals surface area contributed by atoms with Crippen LogP contribution < -0.4 is 5.32 Å². The Balaban J connectivity index is 2.90. The minimum absolute atomic E-state index is 0.311. The Labute approximate surface area is 87.1 Å². The van der Waals surface area contributed by atoms with Crippen LogP contribution in [0, 0.1) is 6.92 Å². The summed E-state index contributed by atoms with van der Waals surface area (Å²) in [6.45, 7) is 2.97. The summed E-state index contributed by atoms with van der Waals surface area (Å²) in [5.41, 5.74) is 2.38. The molecule has 0 atom stereocenters. The van der Waals surface area contributed by atoms with Crippen molar-refractivity contribution in [1.82, 2.24) is 5.32 Å². The van der Waals surface area contributed by atoms with E-state index >= 15 is 0 Å². The van der Waals surface area contributed by atoms with Crippen LogP contribution in [0.2, 0.25) is 0 Å². The van der Waals surface area contributed by atoms with E-state index in [0.29, 0.717) is 5.75 Å². The van der Waals surface area contributed by atoms with E-state index in [9.17, 15) is 5.11 Å². The first-order valence-electron chi connectivity index (χ1n) is 4.28. The van der Waals surface area contributed by atoms with Crippen molar-refractivity contribution >= 4 is 15.9 Å². The summed E-state index contributed by atoms with van der Waals surface area (Å²) in [5, 5.41) is 12.5. The average molecular weight is 244 g/mol. The quantitative estimate of drug-likeness (QED) is 0.854. The van der Waals surface area contributed by atoms with Gasteiger partial charge in [-0.2, -0.15) is 0 Å². The van der Waals surface area contributed by atoms with Gasteiger partial charge in [-0.25, -0.2) is 0 Å². The molecule has 0 saturated carbocycles. The molecule has 1 aromatic rings. The predicted octanol–water partition coefficient (Wildman–Crippen LogP) is 2.23. The summed E-state index contributed by atoms with van der Waals surface area (Å²) in [4.78, 5) is 0. The van der Waals surface area contributed by atoms with E-state index in [2.05, 4.69) is 21.2 Å². The van der Waals surface area contributed by atoms with Crippen LogP contribution in [0.5, 0.6) is 5.75 Å². The lowest BCUT2D eigenvalue weighted by atomic mass is 10.1. The molecule has 13 heavy (non-hydrogen) atoms. The molecule has 0 bridgehead atoms. The minimum Gasteiger partial charge on any atom is -0.507 e. The largest absolute Gasteiger partial charge is 0.507 e. The van der Waals surface area contributed by atoms with Crippen molar-refractivity contribution in [3.8, 4) is 5.75 Å². The zero-order valence-corrected chi connectivity index (χ0v) is 9.48. The maximum Gasteiger partial charge on any atom is 0.130 e. The van der Waals surface area contributed by atoms with E-state index in [0.717, 1.165) is 23.0 Å². The maximum atomic E-state index is 9.39. The maximum absolute atomic E-state index is 9.39. The SMILES string of the molecule is CNCCc1ccc(O)c(Br)c1C. The van der Waals surface area contributed by atoms with Crippen molar-refractivity contribution in [2.45, 2.75) is 13.3 Å². The van der Waals surface area contributed by atoms with Crippen molar-refractivity contribution < 1.29 is 5.11 Å². The van der Waals surface area contributed by atoms with Crippen molar-refractivity contribution in [2.75, 3.05) is 13.6 Å². The first-order valence-corrected chi connectivity index (χ1v) is 5.07.